The van der Waals surface area contributed by atoms with E-state index < -0.39 is 0 Å². The van der Waals surface area contributed by atoms with Crippen molar-refractivity contribution in [2.45, 2.75) is 26.3 Å². The van der Waals surface area contributed by atoms with E-state index in [1.54, 1.807) is 0 Å². The van der Waals surface area contributed by atoms with Crippen molar-refractivity contribution in [3.63, 3.8) is 0 Å². The molecule has 0 saturated heterocycles. The predicted octanol–water partition coefficient (Wildman–Crippen LogP) is 3.40. The van der Waals surface area contributed by atoms with Gasteiger partial charge in [-0.05, 0) is 38.9 Å². The highest BCUT2D eigenvalue weighted by molar-refractivity contribution is 6.17. The van der Waals surface area contributed by atoms with E-state index >= 15 is 0 Å². The molecule has 96 valence electrons. The van der Waals surface area contributed by atoms with Crippen LogP contribution in [0.5, 0.6) is 5.75 Å². The molecule has 0 aliphatic heterocycles. The van der Waals surface area contributed by atoms with Crippen molar-refractivity contribution in [2.24, 2.45) is 0 Å². The lowest BCUT2D eigenvalue weighted by atomic mass is 10.3. The minimum absolute atomic E-state index is 0.539. The fourth-order valence-electron chi connectivity index (χ4n) is 1.69. The Morgan fingerprint density at radius 2 is 1.88 bits per heavy atom. The van der Waals surface area contributed by atoms with Crippen molar-refractivity contribution in [1.29, 1.82) is 0 Å². The number of benzene rings is 1. The minimum atomic E-state index is 0.539. The zero-order valence-electron chi connectivity index (χ0n) is 10.7. The lowest BCUT2D eigenvalue weighted by molar-refractivity contribution is 0.176. The fourth-order valence-corrected chi connectivity index (χ4v) is 1.81. The summed E-state index contributed by atoms with van der Waals surface area (Å²) in [6, 6.07) is 10.5. The molecule has 1 aromatic carbocycles. The highest BCUT2D eigenvalue weighted by Crippen LogP contribution is 2.08. The Hall–Kier alpha value is -0.730. The van der Waals surface area contributed by atoms with Crippen molar-refractivity contribution in [3.05, 3.63) is 30.3 Å². The number of para-hydroxylation sites is 1. The molecule has 1 aromatic rings. The van der Waals surface area contributed by atoms with Crippen molar-refractivity contribution in [3.8, 4) is 5.75 Å². The van der Waals surface area contributed by atoms with Crippen molar-refractivity contribution < 1.29 is 4.74 Å². The molecule has 17 heavy (non-hydrogen) atoms. The lowest BCUT2D eigenvalue weighted by Gasteiger charge is -2.26. The van der Waals surface area contributed by atoms with Gasteiger partial charge >= 0.3 is 0 Å². The van der Waals surface area contributed by atoms with Crippen LogP contribution in [0.1, 0.15) is 20.3 Å². The first-order chi connectivity index (χ1) is 8.24. The molecule has 0 bridgehead atoms. The summed E-state index contributed by atoms with van der Waals surface area (Å²) in [5, 5.41) is 0. The van der Waals surface area contributed by atoms with Crippen molar-refractivity contribution in [2.75, 3.05) is 25.6 Å². The highest BCUT2D eigenvalue weighted by Gasteiger charge is 2.08. The summed E-state index contributed by atoms with van der Waals surface area (Å²) >= 11 is 5.72. The third-order valence-electron chi connectivity index (χ3n) is 2.70. The quantitative estimate of drug-likeness (QED) is 0.660. The highest BCUT2D eigenvalue weighted by atomic mass is 35.5. The lowest BCUT2D eigenvalue weighted by Crippen LogP contribution is -2.35. The Morgan fingerprint density at radius 3 is 2.47 bits per heavy atom. The number of rotatable bonds is 8. The van der Waals surface area contributed by atoms with Gasteiger partial charge in [0.15, 0.2) is 0 Å². The van der Waals surface area contributed by atoms with Gasteiger partial charge in [-0.25, -0.2) is 0 Å². The van der Waals surface area contributed by atoms with Crippen LogP contribution in [0.2, 0.25) is 0 Å². The van der Waals surface area contributed by atoms with E-state index in [4.69, 9.17) is 16.3 Å². The van der Waals surface area contributed by atoms with Gasteiger partial charge in [-0.15, -0.1) is 11.6 Å². The van der Waals surface area contributed by atoms with Crippen LogP contribution in [0.4, 0.5) is 0 Å². The van der Waals surface area contributed by atoms with Gasteiger partial charge < -0.3 is 4.74 Å². The number of nitrogens with zero attached hydrogens (tertiary/aromatic N) is 1. The van der Waals surface area contributed by atoms with E-state index in [0.717, 1.165) is 37.7 Å². The molecule has 3 heteroatoms. The molecule has 0 unspecified atom stereocenters. The van der Waals surface area contributed by atoms with E-state index in [9.17, 15) is 0 Å². The largest absolute Gasteiger partial charge is 0.492 e. The Bertz CT molecular complexity index is 290. The summed E-state index contributed by atoms with van der Waals surface area (Å²) in [5.74, 6) is 1.66. The first-order valence-corrected chi connectivity index (χ1v) is 6.75. The first kappa shape index (κ1) is 14.3. The molecular formula is C14H22ClNO. The topological polar surface area (TPSA) is 12.5 Å². The molecular weight excluding hydrogens is 234 g/mol. The summed E-state index contributed by atoms with van der Waals surface area (Å²) in [4.78, 5) is 2.39. The van der Waals surface area contributed by atoms with Crippen LogP contribution in [0.15, 0.2) is 30.3 Å². The second-order valence-electron chi connectivity index (χ2n) is 4.33. The van der Waals surface area contributed by atoms with Crippen LogP contribution in [-0.2, 0) is 0 Å². The summed E-state index contributed by atoms with van der Waals surface area (Å²) in [6.45, 7) is 7.13. The molecule has 0 atom stereocenters. The molecule has 1 rings (SSSR count). The molecule has 0 N–H and O–H groups in total. The maximum Gasteiger partial charge on any atom is 0.119 e. The van der Waals surface area contributed by atoms with Gasteiger partial charge in [-0.3, -0.25) is 4.90 Å². The Balaban J connectivity index is 2.27. The SMILES string of the molecule is CC(C)N(CCCCl)CCOc1ccccc1. The van der Waals surface area contributed by atoms with Crippen LogP contribution in [0, 0.1) is 0 Å². The monoisotopic (exact) mass is 255 g/mol. The van der Waals surface area contributed by atoms with Crippen LogP contribution >= 0.6 is 11.6 Å². The number of hydrogen-bond donors (Lipinski definition) is 0. The zero-order valence-corrected chi connectivity index (χ0v) is 11.5. The molecule has 0 amide bonds. The maximum absolute atomic E-state index is 5.72. The van der Waals surface area contributed by atoms with E-state index in [1.165, 1.54) is 0 Å². The number of halogens is 1. The van der Waals surface area contributed by atoms with E-state index in [1.807, 2.05) is 30.3 Å². The Morgan fingerprint density at radius 1 is 1.18 bits per heavy atom. The average Bonchev–Trinajstić information content (AvgIpc) is 2.34. The normalized spacial score (nSPS) is 11.1. The van der Waals surface area contributed by atoms with Crippen LogP contribution < -0.4 is 4.74 Å². The molecule has 0 aromatic heterocycles. The molecule has 0 aliphatic carbocycles. The second kappa shape index (κ2) is 8.37. The van der Waals surface area contributed by atoms with E-state index in [-0.39, 0.29) is 0 Å². The van der Waals surface area contributed by atoms with Crippen LogP contribution in [0.3, 0.4) is 0 Å². The van der Waals surface area contributed by atoms with Gasteiger partial charge in [0, 0.05) is 18.5 Å². The van der Waals surface area contributed by atoms with Gasteiger partial charge in [-0.2, -0.15) is 0 Å². The van der Waals surface area contributed by atoms with Crippen LogP contribution in [0.25, 0.3) is 0 Å². The van der Waals surface area contributed by atoms with Gasteiger partial charge in [0.2, 0.25) is 0 Å². The van der Waals surface area contributed by atoms with Gasteiger partial charge in [-0.1, -0.05) is 18.2 Å². The smallest absolute Gasteiger partial charge is 0.119 e. The summed E-state index contributed by atoms with van der Waals surface area (Å²) in [7, 11) is 0. The minimum Gasteiger partial charge on any atom is -0.492 e. The molecule has 0 spiro atoms. The first-order valence-electron chi connectivity index (χ1n) is 6.22. The van der Waals surface area contributed by atoms with Crippen molar-refractivity contribution >= 4 is 11.6 Å². The Labute approximate surface area is 110 Å². The van der Waals surface area contributed by atoms with Crippen LogP contribution in [-0.4, -0.2) is 36.5 Å². The predicted molar refractivity (Wildman–Crippen MR) is 74.0 cm³/mol. The molecule has 0 fully saturated rings. The number of hydrogen-bond acceptors (Lipinski definition) is 2. The summed E-state index contributed by atoms with van der Waals surface area (Å²) < 4.78 is 5.69. The third-order valence-corrected chi connectivity index (χ3v) is 2.97. The number of ether oxygens (including phenoxy) is 1. The summed E-state index contributed by atoms with van der Waals surface area (Å²) in [5.41, 5.74) is 0. The number of alkyl halides is 1. The molecule has 0 saturated carbocycles. The van der Waals surface area contributed by atoms with E-state index in [0.29, 0.717) is 6.04 Å². The van der Waals surface area contributed by atoms with E-state index in [2.05, 4.69) is 18.7 Å². The summed E-state index contributed by atoms with van der Waals surface area (Å²) in [6.07, 6.45) is 1.03. The molecule has 0 aliphatic rings. The average molecular weight is 256 g/mol. The second-order valence-corrected chi connectivity index (χ2v) is 4.71. The molecule has 0 heterocycles. The van der Waals surface area contributed by atoms with Gasteiger partial charge in [0.05, 0.1) is 0 Å². The molecule has 2 nitrogen and oxygen atoms in total. The zero-order chi connectivity index (χ0) is 12.5. The standard InChI is InChI=1S/C14H22ClNO/c1-13(2)16(10-6-9-15)11-12-17-14-7-4-3-5-8-14/h3-5,7-8,13H,6,9-12H2,1-2H3. The van der Waals surface area contributed by atoms with Crippen molar-refractivity contribution in [1.82, 2.24) is 4.90 Å². The fraction of sp³-hybridized carbons (Fsp3) is 0.571. The Kier molecular flexibility index (Phi) is 7.06. The van der Waals surface area contributed by atoms with Gasteiger partial charge in [0.1, 0.15) is 12.4 Å². The third kappa shape index (κ3) is 5.94. The maximum atomic E-state index is 5.72. The molecule has 0 radical (unpaired) electrons. The van der Waals surface area contributed by atoms with Gasteiger partial charge in [0.25, 0.3) is 0 Å².